The Morgan fingerprint density at radius 3 is 3.18 bits per heavy atom. The van der Waals surface area contributed by atoms with Crippen LogP contribution in [0.4, 0.5) is 5.82 Å². The maximum Gasteiger partial charge on any atom is 0.252 e. The van der Waals surface area contributed by atoms with Gasteiger partial charge in [0.15, 0.2) is 0 Å². The van der Waals surface area contributed by atoms with E-state index >= 15 is 0 Å². The summed E-state index contributed by atoms with van der Waals surface area (Å²) in [4.78, 5) is 11.2. The van der Waals surface area contributed by atoms with E-state index in [1.54, 1.807) is 16.7 Å². The third-order valence-corrected chi connectivity index (χ3v) is 1.91. The first-order valence-corrected chi connectivity index (χ1v) is 3.82. The highest BCUT2D eigenvalue weighted by Gasteiger charge is 2.06. The summed E-state index contributed by atoms with van der Waals surface area (Å²) in [6.07, 6.45) is 1.04. The Morgan fingerprint density at radius 1 is 1.45 bits per heavy atom. The fourth-order valence-electron chi connectivity index (χ4n) is 1.36. The van der Waals surface area contributed by atoms with Crippen molar-refractivity contribution in [3.05, 3.63) is 28.6 Å². The molecule has 58 valence electrons. The molecule has 0 bridgehead atoms. The van der Waals surface area contributed by atoms with Crippen LogP contribution in [0.1, 0.15) is 6.42 Å². The van der Waals surface area contributed by atoms with E-state index in [1.807, 2.05) is 6.07 Å². The van der Waals surface area contributed by atoms with Gasteiger partial charge in [-0.05, 0) is 12.5 Å². The van der Waals surface area contributed by atoms with Crippen LogP contribution in [-0.2, 0) is 6.54 Å². The Kier molecular flexibility index (Phi) is 1.42. The molecule has 2 heterocycles. The molecule has 1 N–H and O–H groups in total. The summed E-state index contributed by atoms with van der Waals surface area (Å²) in [7, 11) is 0. The second kappa shape index (κ2) is 2.42. The average Bonchev–Trinajstić information content (AvgIpc) is 2.06. The van der Waals surface area contributed by atoms with Crippen LogP contribution >= 0.6 is 0 Å². The average molecular weight is 150 g/mol. The topological polar surface area (TPSA) is 34.0 Å². The molecular weight excluding hydrogens is 140 g/mol. The minimum atomic E-state index is 0.0923. The molecule has 1 aliphatic heterocycles. The van der Waals surface area contributed by atoms with Gasteiger partial charge in [0, 0.05) is 19.2 Å². The van der Waals surface area contributed by atoms with E-state index in [9.17, 15) is 4.79 Å². The molecule has 0 amide bonds. The van der Waals surface area contributed by atoms with Crippen molar-refractivity contribution in [2.24, 2.45) is 0 Å². The normalized spacial score (nSPS) is 15.3. The number of fused-ring (bicyclic) bond motifs is 1. The van der Waals surface area contributed by atoms with Crippen LogP contribution in [0.2, 0.25) is 0 Å². The smallest absolute Gasteiger partial charge is 0.252 e. The van der Waals surface area contributed by atoms with Crippen molar-refractivity contribution >= 4 is 5.82 Å². The molecule has 2 rings (SSSR count). The summed E-state index contributed by atoms with van der Waals surface area (Å²) in [5.41, 5.74) is 0.0923. The second-order valence-electron chi connectivity index (χ2n) is 2.68. The lowest BCUT2D eigenvalue weighted by atomic mass is 10.3. The molecule has 0 fully saturated rings. The molecule has 0 saturated heterocycles. The summed E-state index contributed by atoms with van der Waals surface area (Å²) in [6.45, 7) is 1.82. The molecule has 3 nitrogen and oxygen atoms in total. The number of nitrogens with zero attached hydrogens (tertiary/aromatic N) is 1. The number of anilines is 1. The Morgan fingerprint density at radius 2 is 2.36 bits per heavy atom. The van der Waals surface area contributed by atoms with E-state index in [0.29, 0.717) is 0 Å². The summed E-state index contributed by atoms with van der Waals surface area (Å²) in [5, 5.41) is 3.17. The van der Waals surface area contributed by atoms with Gasteiger partial charge in [0.1, 0.15) is 5.82 Å². The van der Waals surface area contributed by atoms with Gasteiger partial charge in [0.2, 0.25) is 0 Å². The number of nitrogens with one attached hydrogen (secondary N) is 1. The molecule has 0 unspecified atom stereocenters. The van der Waals surface area contributed by atoms with Crippen LogP contribution < -0.4 is 10.9 Å². The first-order chi connectivity index (χ1) is 5.38. The van der Waals surface area contributed by atoms with Gasteiger partial charge < -0.3 is 5.32 Å². The molecule has 3 heteroatoms. The van der Waals surface area contributed by atoms with Crippen LogP contribution in [0, 0.1) is 0 Å². The van der Waals surface area contributed by atoms with Crippen molar-refractivity contribution in [2.75, 3.05) is 11.9 Å². The summed E-state index contributed by atoms with van der Waals surface area (Å²) in [5.74, 6) is 0.948. The Balaban J connectivity index is 2.58. The maximum atomic E-state index is 11.2. The van der Waals surface area contributed by atoms with Gasteiger partial charge in [-0.1, -0.05) is 6.07 Å². The maximum absolute atomic E-state index is 11.2. The predicted octanol–water partition coefficient (Wildman–Crippen LogP) is 0.664. The summed E-state index contributed by atoms with van der Waals surface area (Å²) >= 11 is 0. The number of hydrogen-bond acceptors (Lipinski definition) is 2. The van der Waals surface area contributed by atoms with Crippen LogP contribution in [0.25, 0.3) is 0 Å². The molecule has 1 aliphatic rings. The molecule has 0 atom stereocenters. The number of hydrogen-bond donors (Lipinski definition) is 1. The standard InChI is InChI=1S/C8H10N2O/c11-8-4-1-3-7-9-5-2-6-10(7)8/h1,3-4,9H,2,5-6H2. The first-order valence-electron chi connectivity index (χ1n) is 3.82. The zero-order valence-corrected chi connectivity index (χ0v) is 6.21. The number of aromatic nitrogens is 1. The number of pyridine rings is 1. The van der Waals surface area contributed by atoms with Crippen molar-refractivity contribution in [1.29, 1.82) is 0 Å². The van der Waals surface area contributed by atoms with Crippen LogP contribution in [0.3, 0.4) is 0 Å². The monoisotopic (exact) mass is 150 g/mol. The molecule has 0 aliphatic carbocycles. The Hall–Kier alpha value is -1.25. The SMILES string of the molecule is O=c1cccc2n1CCCN2. The quantitative estimate of drug-likeness (QED) is 0.589. The van der Waals surface area contributed by atoms with Crippen molar-refractivity contribution in [3.8, 4) is 0 Å². The fraction of sp³-hybridized carbons (Fsp3) is 0.375. The molecule has 1 aromatic rings. The molecule has 0 radical (unpaired) electrons. The van der Waals surface area contributed by atoms with E-state index in [-0.39, 0.29) is 5.56 Å². The minimum absolute atomic E-state index is 0.0923. The summed E-state index contributed by atoms with van der Waals surface area (Å²) in [6, 6.07) is 5.31. The Bertz CT molecular complexity index is 316. The highest BCUT2D eigenvalue weighted by atomic mass is 16.1. The van der Waals surface area contributed by atoms with Crippen LogP contribution in [0.5, 0.6) is 0 Å². The molecule has 0 saturated carbocycles. The third kappa shape index (κ3) is 1.02. The zero-order valence-electron chi connectivity index (χ0n) is 6.21. The molecular formula is C8H10N2O. The van der Waals surface area contributed by atoms with Gasteiger partial charge in [-0.15, -0.1) is 0 Å². The molecule has 0 aromatic carbocycles. The summed E-state index contributed by atoms with van der Waals surface area (Å²) < 4.78 is 1.77. The Labute approximate surface area is 64.7 Å². The van der Waals surface area contributed by atoms with E-state index in [4.69, 9.17) is 0 Å². The van der Waals surface area contributed by atoms with Gasteiger partial charge in [0.25, 0.3) is 5.56 Å². The zero-order chi connectivity index (χ0) is 7.68. The lowest BCUT2D eigenvalue weighted by molar-refractivity contribution is 0.609. The van der Waals surface area contributed by atoms with E-state index in [1.165, 1.54) is 0 Å². The van der Waals surface area contributed by atoms with E-state index in [0.717, 1.165) is 25.3 Å². The first kappa shape index (κ1) is 6.46. The highest BCUT2D eigenvalue weighted by Crippen LogP contribution is 2.08. The van der Waals surface area contributed by atoms with Gasteiger partial charge in [-0.25, -0.2) is 0 Å². The van der Waals surface area contributed by atoms with Gasteiger partial charge in [0.05, 0.1) is 0 Å². The lowest BCUT2D eigenvalue weighted by Crippen LogP contribution is -2.27. The highest BCUT2D eigenvalue weighted by molar-refractivity contribution is 5.36. The van der Waals surface area contributed by atoms with Crippen molar-refractivity contribution < 1.29 is 0 Å². The van der Waals surface area contributed by atoms with Gasteiger partial charge in [-0.3, -0.25) is 9.36 Å². The van der Waals surface area contributed by atoms with Crippen molar-refractivity contribution in [3.63, 3.8) is 0 Å². The predicted molar refractivity (Wildman–Crippen MR) is 43.8 cm³/mol. The van der Waals surface area contributed by atoms with Crippen LogP contribution in [0.15, 0.2) is 23.0 Å². The molecule has 0 spiro atoms. The minimum Gasteiger partial charge on any atom is -0.371 e. The van der Waals surface area contributed by atoms with Gasteiger partial charge in [-0.2, -0.15) is 0 Å². The fourth-order valence-corrected chi connectivity index (χ4v) is 1.36. The lowest BCUT2D eigenvalue weighted by Gasteiger charge is -2.18. The van der Waals surface area contributed by atoms with E-state index in [2.05, 4.69) is 5.32 Å². The third-order valence-electron chi connectivity index (χ3n) is 1.91. The second-order valence-corrected chi connectivity index (χ2v) is 2.68. The van der Waals surface area contributed by atoms with Gasteiger partial charge >= 0.3 is 0 Å². The van der Waals surface area contributed by atoms with Crippen molar-refractivity contribution in [2.45, 2.75) is 13.0 Å². The largest absolute Gasteiger partial charge is 0.371 e. The van der Waals surface area contributed by atoms with E-state index < -0.39 is 0 Å². The van der Waals surface area contributed by atoms with Crippen LogP contribution in [-0.4, -0.2) is 11.1 Å². The molecule has 11 heavy (non-hydrogen) atoms. The van der Waals surface area contributed by atoms with Crippen molar-refractivity contribution in [1.82, 2.24) is 4.57 Å². The number of rotatable bonds is 0. The molecule has 1 aromatic heterocycles.